The first kappa shape index (κ1) is 35.6. The summed E-state index contributed by atoms with van der Waals surface area (Å²) in [5.74, 6) is -0.695. The van der Waals surface area contributed by atoms with Gasteiger partial charge in [-0.2, -0.15) is 26.3 Å². The minimum Gasteiger partial charge on any atom is -0.459 e. The maximum absolute atomic E-state index is 13.8. The quantitative estimate of drug-likeness (QED) is 0.248. The van der Waals surface area contributed by atoms with Crippen LogP contribution in [-0.4, -0.2) is 95.4 Å². The van der Waals surface area contributed by atoms with Crippen LogP contribution in [-0.2, 0) is 18.8 Å². The first-order valence-corrected chi connectivity index (χ1v) is 16.8. The van der Waals surface area contributed by atoms with E-state index in [2.05, 4.69) is 9.80 Å². The van der Waals surface area contributed by atoms with Crippen molar-refractivity contribution in [3.63, 3.8) is 0 Å². The van der Waals surface area contributed by atoms with Crippen LogP contribution in [0.15, 0.2) is 59.2 Å². The molecule has 0 bridgehead atoms. The Labute approximate surface area is 289 Å². The highest BCUT2D eigenvalue weighted by Gasteiger charge is 2.41. The lowest BCUT2D eigenvalue weighted by Crippen LogP contribution is -2.58. The van der Waals surface area contributed by atoms with Gasteiger partial charge in [-0.3, -0.25) is 19.4 Å². The van der Waals surface area contributed by atoms with Crippen LogP contribution < -0.4 is 0 Å². The number of carbonyl (C=O) groups excluding carboxylic acids is 2. The van der Waals surface area contributed by atoms with E-state index in [1.165, 1.54) is 11.2 Å². The van der Waals surface area contributed by atoms with Gasteiger partial charge in [0.15, 0.2) is 5.76 Å². The van der Waals surface area contributed by atoms with Crippen LogP contribution in [0.3, 0.4) is 0 Å². The minimum atomic E-state index is -5.07. The molecule has 0 aliphatic carbocycles. The molecule has 2 amide bonds. The van der Waals surface area contributed by atoms with Gasteiger partial charge < -0.3 is 14.2 Å². The second kappa shape index (κ2) is 14.2. The predicted octanol–water partition coefficient (Wildman–Crippen LogP) is 7.37. The molecule has 0 radical (unpaired) electrons. The molecule has 0 unspecified atom stereocenters. The fourth-order valence-corrected chi connectivity index (χ4v) is 7.57. The summed E-state index contributed by atoms with van der Waals surface area (Å²) in [6.45, 7) is 4.43. The summed E-state index contributed by atoms with van der Waals surface area (Å²) < 4.78 is 87.0. The molecule has 15 heteroatoms. The smallest absolute Gasteiger partial charge is 0.416 e. The van der Waals surface area contributed by atoms with Crippen molar-refractivity contribution in [2.45, 2.75) is 56.2 Å². The first-order valence-electron chi connectivity index (χ1n) is 16.0. The minimum absolute atomic E-state index is 0.0237. The zero-order valence-electron chi connectivity index (χ0n) is 26.2. The van der Waals surface area contributed by atoms with Gasteiger partial charge in [-0.25, -0.2) is 0 Å². The van der Waals surface area contributed by atoms with Crippen molar-refractivity contribution >= 4 is 35.0 Å². The van der Waals surface area contributed by atoms with E-state index >= 15 is 0 Å². The van der Waals surface area contributed by atoms with E-state index in [0.29, 0.717) is 53.9 Å². The van der Waals surface area contributed by atoms with Crippen molar-refractivity contribution in [3.8, 4) is 0 Å². The molecule has 7 nitrogen and oxygen atoms in total. The van der Waals surface area contributed by atoms with Gasteiger partial charge in [-0.05, 0) is 73.7 Å². The molecule has 264 valence electrons. The van der Waals surface area contributed by atoms with E-state index in [0.717, 1.165) is 38.2 Å². The van der Waals surface area contributed by atoms with Crippen molar-refractivity contribution in [2.75, 3.05) is 45.8 Å². The highest BCUT2D eigenvalue weighted by atomic mass is 35.5. The third kappa shape index (κ3) is 8.05. The monoisotopic (exact) mass is 730 g/mol. The Morgan fingerprint density at radius 2 is 1.39 bits per heavy atom. The number of piperazine rings is 1. The molecule has 3 saturated heterocycles. The lowest BCUT2D eigenvalue weighted by atomic mass is 9.90. The second-order valence-electron chi connectivity index (χ2n) is 12.8. The summed E-state index contributed by atoms with van der Waals surface area (Å²) >= 11 is 12.4. The summed E-state index contributed by atoms with van der Waals surface area (Å²) in [5, 5.41) is 0.627. The van der Waals surface area contributed by atoms with Gasteiger partial charge in [0.1, 0.15) is 0 Å². The highest BCUT2D eigenvalue weighted by molar-refractivity contribution is 6.42. The Kier molecular flexibility index (Phi) is 10.3. The van der Waals surface area contributed by atoms with Gasteiger partial charge >= 0.3 is 12.4 Å². The highest BCUT2D eigenvalue weighted by Crippen LogP contribution is 2.37. The van der Waals surface area contributed by atoms with Crippen LogP contribution in [0.5, 0.6) is 0 Å². The van der Waals surface area contributed by atoms with Gasteiger partial charge in [0.2, 0.25) is 0 Å². The molecular formula is C34H34Cl2F6N4O3. The fraction of sp³-hybridized carbons (Fsp3) is 0.471. The topological polar surface area (TPSA) is 60.2 Å². The van der Waals surface area contributed by atoms with Crippen LogP contribution in [0.25, 0.3) is 0 Å². The average molecular weight is 732 g/mol. The molecule has 0 N–H and O–H groups in total. The molecule has 3 fully saturated rings. The first-order chi connectivity index (χ1) is 23.2. The molecule has 3 aromatic rings. The van der Waals surface area contributed by atoms with Crippen LogP contribution in [0.4, 0.5) is 26.3 Å². The molecule has 3 aliphatic rings. The molecule has 4 heterocycles. The molecule has 0 spiro atoms. The Bertz CT molecular complexity index is 1630. The molecule has 3 atom stereocenters. The molecule has 0 saturated carbocycles. The lowest BCUT2D eigenvalue weighted by molar-refractivity contribution is -0.143. The molecule has 6 rings (SSSR count). The molecular weight excluding hydrogens is 697 g/mol. The van der Waals surface area contributed by atoms with Crippen molar-refractivity contribution in [3.05, 3.63) is 92.9 Å². The van der Waals surface area contributed by atoms with Gasteiger partial charge in [-0.1, -0.05) is 29.3 Å². The van der Waals surface area contributed by atoms with E-state index in [4.69, 9.17) is 27.6 Å². The maximum atomic E-state index is 13.8. The summed E-state index contributed by atoms with van der Waals surface area (Å²) in [6.07, 6.45) is -6.57. The standard InChI is InChI=1S/C34H34Cl2F6N4O3/c35-28-4-3-21(15-29(28)36)14-27-19-25(6-8-46(27)31(47)22-16-23(33(37,38)39)18-24(17-22)34(40,41)42)43-9-11-44(12-10-43)26-5-7-45(20-26)32(48)30-2-1-13-49-30/h1-4,13,15-18,25-27H,5-12,14,19-20H2/t25-,26-,27+/m0/s1. The van der Waals surface area contributed by atoms with E-state index in [-0.39, 0.29) is 37.0 Å². The molecule has 49 heavy (non-hydrogen) atoms. The summed E-state index contributed by atoms with van der Waals surface area (Å²) in [4.78, 5) is 34.5. The number of alkyl halides is 6. The summed E-state index contributed by atoms with van der Waals surface area (Å²) in [7, 11) is 0. The Morgan fingerprint density at radius 1 is 0.755 bits per heavy atom. The Hall–Kier alpha value is -3.26. The Morgan fingerprint density at radius 3 is 1.98 bits per heavy atom. The second-order valence-corrected chi connectivity index (χ2v) is 13.6. The molecule has 3 aliphatic heterocycles. The number of piperidine rings is 1. The largest absolute Gasteiger partial charge is 0.459 e. The van der Waals surface area contributed by atoms with Crippen molar-refractivity contribution in [1.29, 1.82) is 0 Å². The van der Waals surface area contributed by atoms with Crippen molar-refractivity contribution in [2.24, 2.45) is 0 Å². The third-order valence-electron chi connectivity index (χ3n) is 9.80. The lowest BCUT2D eigenvalue weighted by Gasteiger charge is -2.47. The number of halogens is 8. The number of amides is 2. The van der Waals surface area contributed by atoms with E-state index in [9.17, 15) is 35.9 Å². The number of hydrogen-bond donors (Lipinski definition) is 0. The van der Waals surface area contributed by atoms with Crippen LogP contribution in [0.1, 0.15) is 56.9 Å². The van der Waals surface area contributed by atoms with Crippen LogP contribution in [0, 0.1) is 0 Å². The van der Waals surface area contributed by atoms with E-state index in [1.807, 2.05) is 0 Å². The van der Waals surface area contributed by atoms with Gasteiger partial charge in [-0.15, -0.1) is 0 Å². The van der Waals surface area contributed by atoms with Crippen LogP contribution >= 0.6 is 23.2 Å². The number of nitrogens with zero attached hydrogens (tertiary/aromatic N) is 4. The zero-order chi connectivity index (χ0) is 35.1. The van der Waals surface area contributed by atoms with Crippen LogP contribution in [0.2, 0.25) is 10.0 Å². The maximum Gasteiger partial charge on any atom is 0.416 e. The number of carbonyl (C=O) groups is 2. The number of rotatable bonds is 6. The number of likely N-dealkylation sites (tertiary alicyclic amines) is 2. The van der Waals surface area contributed by atoms with E-state index in [1.54, 1.807) is 35.2 Å². The predicted molar refractivity (Wildman–Crippen MR) is 171 cm³/mol. The zero-order valence-corrected chi connectivity index (χ0v) is 27.8. The van der Waals surface area contributed by atoms with E-state index < -0.39 is 41.0 Å². The normalized spacial score (nSPS) is 22.9. The number of benzene rings is 2. The molecule has 2 aromatic carbocycles. The number of hydrogen-bond acceptors (Lipinski definition) is 5. The van der Waals surface area contributed by atoms with Crippen molar-refractivity contribution < 1.29 is 40.3 Å². The molecule has 1 aromatic heterocycles. The SMILES string of the molecule is O=C(c1ccco1)N1CC[C@H](N2CCN([C@H]3CCN(C(=O)c4cc(C(F)(F)F)cc(C(F)(F)F)c4)[C@H](Cc4ccc(Cl)c(Cl)c4)C3)CC2)C1. The van der Waals surface area contributed by atoms with Gasteiger partial charge in [0.25, 0.3) is 11.8 Å². The van der Waals surface area contributed by atoms with Gasteiger partial charge in [0, 0.05) is 69.5 Å². The Balaban J connectivity index is 1.16. The van der Waals surface area contributed by atoms with Gasteiger partial charge in [0.05, 0.1) is 27.4 Å². The summed E-state index contributed by atoms with van der Waals surface area (Å²) in [5.41, 5.74) is -2.99. The average Bonchev–Trinajstić information content (AvgIpc) is 3.79. The third-order valence-corrected chi connectivity index (χ3v) is 10.5. The fourth-order valence-electron chi connectivity index (χ4n) is 7.25. The van der Waals surface area contributed by atoms with Crippen molar-refractivity contribution in [1.82, 2.24) is 19.6 Å². The summed E-state index contributed by atoms with van der Waals surface area (Å²) in [6, 6.07) is 9.08. The number of furan rings is 1.